The first-order valence-electron chi connectivity index (χ1n) is 5.73. The third-order valence-electron chi connectivity index (χ3n) is 2.61. The Balaban J connectivity index is 2.14. The molecule has 0 saturated heterocycles. The molecule has 0 amide bonds. The lowest BCUT2D eigenvalue weighted by Gasteiger charge is -2.08. The summed E-state index contributed by atoms with van der Waals surface area (Å²) < 4.78 is 1.83. The van der Waals surface area contributed by atoms with Crippen LogP contribution in [-0.2, 0) is 0 Å². The van der Waals surface area contributed by atoms with Crippen LogP contribution in [0.4, 0.5) is 5.69 Å². The number of hydrogen-bond acceptors (Lipinski definition) is 2. The van der Waals surface area contributed by atoms with Crippen molar-refractivity contribution in [2.24, 2.45) is 4.99 Å². The van der Waals surface area contributed by atoms with Crippen LogP contribution in [0.5, 0.6) is 0 Å². The maximum Gasteiger partial charge on any atom is 0.200 e. The summed E-state index contributed by atoms with van der Waals surface area (Å²) in [6, 6.07) is 0.450. The molecule has 1 heterocycles. The summed E-state index contributed by atoms with van der Waals surface area (Å²) in [6.07, 6.45) is 5.56. The van der Waals surface area contributed by atoms with E-state index in [9.17, 15) is 0 Å². The fourth-order valence-electron chi connectivity index (χ4n) is 1.47. The predicted molar refractivity (Wildman–Crippen MR) is 75.0 cm³/mol. The van der Waals surface area contributed by atoms with E-state index in [4.69, 9.17) is 11.6 Å². The number of nitrogens with zero attached hydrogens (tertiary/aromatic N) is 3. The molecule has 0 atom stereocenters. The van der Waals surface area contributed by atoms with E-state index >= 15 is 0 Å². The van der Waals surface area contributed by atoms with Crippen LogP contribution in [-0.4, -0.2) is 22.8 Å². The number of anilines is 1. The summed E-state index contributed by atoms with van der Waals surface area (Å²) in [5.41, 5.74) is 1.30. The van der Waals surface area contributed by atoms with Crippen LogP contribution >= 0.6 is 11.6 Å². The Hall–Kier alpha value is -1.75. The number of halogens is 1. The van der Waals surface area contributed by atoms with Gasteiger partial charge in [0.1, 0.15) is 0 Å². The van der Waals surface area contributed by atoms with E-state index < -0.39 is 0 Å². The molecule has 0 bridgehead atoms. The first-order valence-corrected chi connectivity index (χ1v) is 6.11. The number of rotatable bonds is 4. The van der Waals surface area contributed by atoms with E-state index in [-0.39, 0.29) is 0 Å². The van der Waals surface area contributed by atoms with Gasteiger partial charge in [-0.25, -0.2) is 9.67 Å². The Bertz CT molecular complexity index is 499. The monoisotopic (exact) mass is 265 g/mol. The molecule has 96 valence electrons. The topological polar surface area (TPSA) is 54.2 Å². The molecule has 0 unspecified atom stereocenters. The van der Waals surface area contributed by atoms with Gasteiger partial charge < -0.3 is 10.6 Å². The summed E-state index contributed by atoms with van der Waals surface area (Å²) in [6.45, 7) is 7.33. The third kappa shape index (κ3) is 2.73. The molecule has 2 N–H and O–H groups in total. The van der Waals surface area contributed by atoms with E-state index in [0.717, 1.165) is 18.5 Å². The highest BCUT2D eigenvalue weighted by Crippen LogP contribution is 2.38. The molecule has 0 spiro atoms. The standard InChI is InChI=1S/C12H16ClN5/c1-4-8(2)16-12(14-3)17-10-7-15-18(11(10)13)9-5-6-9/h4,7,9H,1-2,5-6H2,3H3,(H2,14,16,17). The van der Waals surface area contributed by atoms with Gasteiger partial charge in [-0.1, -0.05) is 24.8 Å². The van der Waals surface area contributed by atoms with Gasteiger partial charge in [-0.2, -0.15) is 5.10 Å². The van der Waals surface area contributed by atoms with Crippen LogP contribution in [0.15, 0.2) is 36.1 Å². The second-order valence-corrected chi connectivity index (χ2v) is 4.41. The van der Waals surface area contributed by atoms with E-state index in [1.54, 1.807) is 19.3 Å². The molecule has 1 fully saturated rings. The largest absolute Gasteiger partial charge is 0.359 e. The first kappa shape index (κ1) is 12.7. The number of hydrogen-bond donors (Lipinski definition) is 2. The molecule has 1 saturated carbocycles. The minimum atomic E-state index is 0.450. The van der Waals surface area contributed by atoms with Gasteiger partial charge >= 0.3 is 0 Å². The van der Waals surface area contributed by atoms with Crippen LogP contribution < -0.4 is 10.6 Å². The van der Waals surface area contributed by atoms with Crippen LogP contribution in [0.3, 0.4) is 0 Å². The number of guanidine groups is 1. The van der Waals surface area contributed by atoms with E-state index in [1.165, 1.54) is 0 Å². The smallest absolute Gasteiger partial charge is 0.200 e. The molecule has 0 aliphatic heterocycles. The van der Waals surface area contributed by atoms with Gasteiger partial charge in [-0.15, -0.1) is 0 Å². The normalized spacial score (nSPS) is 15.3. The van der Waals surface area contributed by atoms with Crippen molar-refractivity contribution in [1.29, 1.82) is 0 Å². The van der Waals surface area contributed by atoms with Gasteiger partial charge in [0, 0.05) is 7.05 Å². The molecular weight excluding hydrogens is 250 g/mol. The van der Waals surface area contributed by atoms with Crippen LogP contribution in [0.25, 0.3) is 0 Å². The van der Waals surface area contributed by atoms with Gasteiger partial charge in [0.25, 0.3) is 0 Å². The lowest BCUT2D eigenvalue weighted by molar-refractivity contribution is 0.643. The fraction of sp³-hybridized carbons (Fsp3) is 0.333. The van der Waals surface area contributed by atoms with Gasteiger partial charge in [0.2, 0.25) is 5.96 Å². The highest BCUT2D eigenvalue weighted by atomic mass is 35.5. The third-order valence-corrected chi connectivity index (χ3v) is 2.99. The summed E-state index contributed by atoms with van der Waals surface area (Å²) >= 11 is 6.24. The lowest BCUT2D eigenvalue weighted by atomic mass is 10.5. The molecule has 1 aliphatic carbocycles. The molecular formula is C12H16ClN5. The minimum Gasteiger partial charge on any atom is -0.359 e. The average Bonchev–Trinajstić information content (AvgIpc) is 3.15. The quantitative estimate of drug-likeness (QED) is 0.500. The molecule has 2 rings (SSSR count). The second kappa shape index (κ2) is 5.27. The predicted octanol–water partition coefficient (Wildman–Crippen LogP) is 2.56. The van der Waals surface area contributed by atoms with Crippen molar-refractivity contribution in [2.75, 3.05) is 12.4 Å². The number of aromatic nitrogens is 2. The minimum absolute atomic E-state index is 0.450. The number of aliphatic imine (C=N–C) groups is 1. The maximum atomic E-state index is 6.24. The lowest BCUT2D eigenvalue weighted by Crippen LogP contribution is -2.27. The Morgan fingerprint density at radius 2 is 2.39 bits per heavy atom. The van der Waals surface area contributed by atoms with Gasteiger partial charge in [-0.3, -0.25) is 0 Å². The zero-order valence-corrected chi connectivity index (χ0v) is 11.0. The van der Waals surface area contributed by atoms with Crippen LogP contribution in [0, 0.1) is 0 Å². The molecule has 0 aromatic carbocycles. The molecule has 5 nitrogen and oxygen atoms in total. The average molecular weight is 266 g/mol. The number of allylic oxidation sites excluding steroid dienone is 1. The van der Waals surface area contributed by atoms with Crippen molar-refractivity contribution < 1.29 is 0 Å². The first-order chi connectivity index (χ1) is 8.65. The van der Waals surface area contributed by atoms with Crippen molar-refractivity contribution in [3.8, 4) is 0 Å². The van der Waals surface area contributed by atoms with E-state index in [0.29, 0.717) is 22.9 Å². The molecule has 1 aromatic rings. The van der Waals surface area contributed by atoms with Crippen LogP contribution in [0.2, 0.25) is 5.15 Å². The highest BCUT2D eigenvalue weighted by Gasteiger charge is 2.27. The zero-order valence-electron chi connectivity index (χ0n) is 10.3. The summed E-state index contributed by atoms with van der Waals surface area (Å²) in [7, 11) is 1.77. The molecule has 18 heavy (non-hydrogen) atoms. The molecule has 0 radical (unpaired) electrons. The Morgan fingerprint density at radius 1 is 1.67 bits per heavy atom. The van der Waals surface area contributed by atoms with Gasteiger partial charge in [-0.05, 0) is 18.9 Å². The molecule has 1 aromatic heterocycles. The van der Waals surface area contributed by atoms with E-state index in [2.05, 4.69) is 33.9 Å². The Morgan fingerprint density at radius 3 is 2.94 bits per heavy atom. The van der Waals surface area contributed by atoms with Crippen molar-refractivity contribution >= 4 is 23.2 Å². The van der Waals surface area contributed by atoms with Gasteiger partial charge in [0.15, 0.2) is 5.15 Å². The van der Waals surface area contributed by atoms with Crippen molar-refractivity contribution in [3.05, 3.63) is 36.3 Å². The molecule has 1 aliphatic rings. The van der Waals surface area contributed by atoms with Gasteiger partial charge in [0.05, 0.1) is 23.6 Å². The van der Waals surface area contributed by atoms with E-state index in [1.807, 2.05) is 4.68 Å². The zero-order chi connectivity index (χ0) is 13.1. The SMILES string of the molecule is C=CC(=C)/N=C(\NC)Nc1cnn(C2CC2)c1Cl. The number of nitrogens with one attached hydrogen (secondary N) is 2. The van der Waals surface area contributed by atoms with Crippen LogP contribution in [0.1, 0.15) is 18.9 Å². The van der Waals surface area contributed by atoms with Crippen molar-refractivity contribution in [3.63, 3.8) is 0 Å². The summed E-state index contributed by atoms with van der Waals surface area (Å²) in [5.74, 6) is 0.553. The Labute approximate surface area is 111 Å². The summed E-state index contributed by atoms with van der Waals surface area (Å²) in [4.78, 5) is 4.21. The second-order valence-electron chi connectivity index (χ2n) is 4.06. The maximum absolute atomic E-state index is 6.24. The van der Waals surface area contributed by atoms with Crippen molar-refractivity contribution in [2.45, 2.75) is 18.9 Å². The summed E-state index contributed by atoms with van der Waals surface area (Å²) in [5, 5.41) is 10.9. The Kier molecular flexibility index (Phi) is 3.72. The highest BCUT2D eigenvalue weighted by molar-refractivity contribution is 6.32. The molecule has 6 heteroatoms. The fourth-order valence-corrected chi connectivity index (χ4v) is 1.75. The van der Waals surface area contributed by atoms with Crippen molar-refractivity contribution in [1.82, 2.24) is 15.1 Å².